The van der Waals surface area contributed by atoms with Crippen molar-refractivity contribution in [2.45, 2.75) is 77.6 Å². The van der Waals surface area contributed by atoms with Crippen LogP contribution in [0.3, 0.4) is 0 Å². The molecule has 0 spiro atoms. The summed E-state index contributed by atoms with van der Waals surface area (Å²) >= 11 is 2.88. The molecule has 1 saturated heterocycles. The van der Waals surface area contributed by atoms with E-state index in [2.05, 4.69) is 32.2 Å². The molecule has 0 saturated carbocycles. The van der Waals surface area contributed by atoms with Crippen LogP contribution in [0, 0.1) is 13.8 Å². The van der Waals surface area contributed by atoms with E-state index in [0.717, 1.165) is 63.3 Å². The SMILES string of the molecule is CCc1c(C)sc2nc(SCC(=O)Nc3c(C)cccc3C(C)C)n(CC3CCCO3)c(=O)c12. The van der Waals surface area contributed by atoms with Gasteiger partial charge in [-0.25, -0.2) is 4.98 Å². The molecule has 0 radical (unpaired) electrons. The van der Waals surface area contributed by atoms with Crippen molar-refractivity contribution >= 4 is 44.9 Å². The number of nitrogens with zero attached hydrogens (tertiary/aromatic N) is 2. The second-order valence-corrected chi connectivity index (χ2v) is 11.3. The van der Waals surface area contributed by atoms with Gasteiger partial charge in [-0.05, 0) is 55.7 Å². The molecule has 1 unspecified atom stereocenters. The molecule has 1 aliphatic heterocycles. The van der Waals surface area contributed by atoms with E-state index in [1.165, 1.54) is 11.8 Å². The summed E-state index contributed by atoms with van der Waals surface area (Å²) in [6.45, 7) is 11.6. The molecule has 3 heterocycles. The number of thioether (sulfide) groups is 1. The number of hydrogen-bond acceptors (Lipinski definition) is 6. The number of hydrogen-bond donors (Lipinski definition) is 1. The lowest BCUT2D eigenvalue weighted by atomic mass is 9.98. The van der Waals surface area contributed by atoms with E-state index in [1.807, 2.05) is 26.0 Å². The summed E-state index contributed by atoms with van der Waals surface area (Å²) in [6.07, 6.45) is 2.75. The maximum absolute atomic E-state index is 13.6. The van der Waals surface area contributed by atoms with Gasteiger partial charge in [-0.15, -0.1) is 11.3 Å². The van der Waals surface area contributed by atoms with E-state index >= 15 is 0 Å². The van der Waals surface area contributed by atoms with Gasteiger partial charge in [-0.1, -0.05) is 50.7 Å². The van der Waals surface area contributed by atoms with E-state index < -0.39 is 0 Å². The van der Waals surface area contributed by atoms with Crippen LogP contribution < -0.4 is 10.9 Å². The minimum atomic E-state index is -0.101. The van der Waals surface area contributed by atoms with E-state index in [9.17, 15) is 9.59 Å². The third-order valence-corrected chi connectivity index (χ3v) is 8.38. The summed E-state index contributed by atoms with van der Waals surface area (Å²) in [7, 11) is 0. The van der Waals surface area contributed by atoms with Gasteiger partial charge in [-0.2, -0.15) is 0 Å². The predicted octanol–water partition coefficient (Wildman–Crippen LogP) is 5.67. The van der Waals surface area contributed by atoms with Crippen molar-refractivity contribution in [3.8, 4) is 0 Å². The monoisotopic (exact) mass is 499 g/mol. The van der Waals surface area contributed by atoms with Crippen LogP contribution in [-0.4, -0.2) is 33.9 Å². The minimum Gasteiger partial charge on any atom is -0.376 e. The van der Waals surface area contributed by atoms with Crippen molar-refractivity contribution < 1.29 is 9.53 Å². The molecule has 1 N–H and O–H groups in total. The van der Waals surface area contributed by atoms with Gasteiger partial charge in [0, 0.05) is 17.2 Å². The number of anilines is 1. The first kappa shape index (κ1) is 24.9. The van der Waals surface area contributed by atoms with Crippen molar-refractivity contribution in [2.24, 2.45) is 0 Å². The summed E-state index contributed by atoms with van der Waals surface area (Å²) in [5.41, 5.74) is 4.10. The molecule has 1 atom stereocenters. The second-order valence-electron chi connectivity index (χ2n) is 9.15. The van der Waals surface area contributed by atoms with Crippen LogP contribution in [0.15, 0.2) is 28.2 Å². The third kappa shape index (κ3) is 5.09. The number of rotatable bonds is 8. The molecule has 34 heavy (non-hydrogen) atoms. The van der Waals surface area contributed by atoms with Crippen molar-refractivity contribution in [1.82, 2.24) is 9.55 Å². The number of thiophene rings is 1. The van der Waals surface area contributed by atoms with Crippen LogP contribution in [0.4, 0.5) is 5.69 Å². The number of para-hydroxylation sites is 1. The number of aromatic nitrogens is 2. The average Bonchev–Trinajstić information content (AvgIpc) is 3.42. The maximum atomic E-state index is 13.6. The predicted molar refractivity (Wildman–Crippen MR) is 142 cm³/mol. The number of benzene rings is 1. The van der Waals surface area contributed by atoms with Crippen molar-refractivity contribution in [3.63, 3.8) is 0 Å². The molecule has 1 amide bonds. The molecule has 0 aliphatic carbocycles. The van der Waals surface area contributed by atoms with Crippen LogP contribution in [0.5, 0.6) is 0 Å². The number of fused-ring (bicyclic) bond motifs is 1. The van der Waals surface area contributed by atoms with Gasteiger partial charge < -0.3 is 10.1 Å². The molecule has 4 rings (SSSR count). The summed E-state index contributed by atoms with van der Waals surface area (Å²) in [6, 6.07) is 6.08. The van der Waals surface area contributed by atoms with Crippen molar-refractivity contribution in [3.05, 3.63) is 50.1 Å². The number of aryl methyl sites for hydroxylation is 3. The van der Waals surface area contributed by atoms with Gasteiger partial charge in [0.05, 0.1) is 23.8 Å². The van der Waals surface area contributed by atoms with Gasteiger partial charge in [0.2, 0.25) is 5.91 Å². The highest BCUT2D eigenvalue weighted by Gasteiger charge is 2.23. The fourth-order valence-corrected chi connectivity index (χ4v) is 6.53. The van der Waals surface area contributed by atoms with Gasteiger partial charge in [0.25, 0.3) is 5.56 Å². The average molecular weight is 500 g/mol. The first-order chi connectivity index (χ1) is 16.3. The number of nitrogens with one attached hydrogen (secondary N) is 1. The molecule has 182 valence electrons. The number of ether oxygens (including phenoxy) is 1. The van der Waals surface area contributed by atoms with Crippen LogP contribution in [-0.2, 0) is 22.5 Å². The van der Waals surface area contributed by atoms with E-state index in [1.54, 1.807) is 15.9 Å². The highest BCUT2D eigenvalue weighted by molar-refractivity contribution is 7.99. The minimum absolute atomic E-state index is 0.00973. The molecular weight excluding hydrogens is 466 g/mol. The third-order valence-electron chi connectivity index (χ3n) is 6.37. The largest absolute Gasteiger partial charge is 0.376 e. The zero-order chi connectivity index (χ0) is 24.4. The van der Waals surface area contributed by atoms with Crippen molar-refractivity contribution in [1.29, 1.82) is 0 Å². The molecule has 6 nitrogen and oxygen atoms in total. The zero-order valence-corrected chi connectivity index (χ0v) is 22.2. The van der Waals surface area contributed by atoms with E-state index in [-0.39, 0.29) is 23.3 Å². The molecule has 8 heteroatoms. The van der Waals surface area contributed by atoms with Gasteiger partial charge in [0.1, 0.15) is 4.83 Å². The van der Waals surface area contributed by atoms with Crippen molar-refractivity contribution in [2.75, 3.05) is 17.7 Å². The quantitative estimate of drug-likeness (QED) is 0.319. The Balaban J connectivity index is 1.62. The Kier molecular flexibility index (Phi) is 7.80. The Labute approximate surface area is 209 Å². The molecular formula is C26H33N3O3S2. The lowest BCUT2D eigenvalue weighted by molar-refractivity contribution is -0.113. The van der Waals surface area contributed by atoms with Crippen LogP contribution >= 0.6 is 23.1 Å². The van der Waals surface area contributed by atoms with Gasteiger partial charge >= 0.3 is 0 Å². The van der Waals surface area contributed by atoms with Crippen LogP contribution in [0.2, 0.25) is 0 Å². The van der Waals surface area contributed by atoms with E-state index in [0.29, 0.717) is 17.6 Å². The zero-order valence-electron chi connectivity index (χ0n) is 20.6. The van der Waals surface area contributed by atoms with Gasteiger partial charge in [-0.3, -0.25) is 14.2 Å². The van der Waals surface area contributed by atoms with Crippen LogP contribution in [0.25, 0.3) is 10.2 Å². The highest BCUT2D eigenvalue weighted by atomic mass is 32.2. The Morgan fingerprint density at radius 2 is 2.15 bits per heavy atom. The Morgan fingerprint density at radius 3 is 2.82 bits per heavy atom. The second kappa shape index (κ2) is 10.6. The smallest absolute Gasteiger partial charge is 0.263 e. The fourth-order valence-electron chi connectivity index (χ4n) is 4.57. The summed E-state index contributed by atoms with van der Waals surface area (Å²) in [5.74, 6) is 0.384. The number of carbonyl (C=O) groups is 1. The van der Waals surface area contributed by atoms with Gasteiger partial charge in [0.15, 0.2) is 5.16 Å². The molecule has 0 bridgehead atoms. The Bertz CT molecular complexity index is 1260. The molecule has 1 aromatic carbocycles. The topological polar surface area (TPSA) is 73.2 Å². The highest BCUT2D eigenvalue weighted by Crippen LogP contribution is 2.31. The maximum Gasteiger partial charge on any atom is 0.263 e. The molecule has 1 fully saturated rings. The fraction of sp³-hybridized carbons (Fsp3) is 0.500. The normalized spacial score (nSPS) is 16.0. The summed E-state index contributed by atoms with van der Waals surface area (Å²) in [4.78, 5) is 33.3. The number of amides is 1. The van der Waals surface area contributed by atoms with E-state index in [4.69, 9.17) is 9.72 Å². The standard InChI is InChI=1S/C26H33N3O3S2/c1-6-19-17(5)34-24-22(19)25(31)29(13-18-10-8-12-32-18)26(28-24)33-14-21(30)27-23-16(4)9-7-11-20(23)15(2)3/h7,9,11,15,18H,6,8,10,12-14H2,1-5H3,(H,27,30). The number of carbonyl (C=O) groups excluding carboxylic acids is 1. The molecule has 2 aromatic heterocycles. The molecule has 1 aliphatic rings. The summed E-state index contributed by atoms with van der Waals surface area (Å²) in [5, 5.41) is 4.40. The summed E-state index contributed by atoms with van der Waals surface area (Å²) < 4.78 is 7.55. The van der Waals surface area contributed by atoms with Crippen LogP contribution in [0.1, 0.15) is 61.1 Å². The Hall–Kier alpha value is -2.16. The Morgan fingerprint density at radius 1 is 1.35 bits per heavy atom. The molecule has 3 aromatic rings. The lowest BCUT2D eigenvalue weighted by Gasteiger charge is -2.17. The lowest BCUT2D eigenvalue weighted by Crippen LogP contribution is -2.29. The first-order valence-corrected chi connectivity index (χ1v) is 13.8. The first-order valence-electron chi connectivity index (χ1n) is 12.0.